The van der Waals surface area contributed by atoms with Crippen molar-refractivity contribution in [2.75, 3.05) is 37.9 Å². The number of carbonyl (C=O) groups excluding carboxylic acids is 1. The first-order valence-corrected chi connectivity index (χ1v) is 12.2. The van der Waals surface area contributed by atoms with Crippen LogP contribution in [0.5, 0.6) is 0 Å². The lowest BCUT2D eigenvalue weighted by atomic mass is 10.2. The van der Waals surface area contributed by atoms with Crippen LogP contribution in [-0.4, -0.2) is 63.5 Å². The number of nitrogens with one attached hydrogen (secondary N) is 3. The topological polar surface area (TPSA) is 98.9 Å². The number of hydrogen-bond acceptors (Lipinski definition) is 6. The second-order valence-electron chi connectivity index (χ2n) is 7.77. The van der Waals surface area contributed by atoms with E-state index in [1.165, 1.54) is 17.3 Å². The summed E-state index contributed by atoms with van der Waals surface area (Å²) >= 11 is 7.60. The first kappa shape index (κ1) is 22.0. The van der Waals surface area contributed by atoms with Gasteiger partial charge in [-0.05, 0) is 42.2 Å². The van der Waals surface area contributed by atoms with Crippen molar-refractivity contribution in [2.45, 2.75) is 11.4 Å². The van der Waals surface area contributed by atoms with Gasteiger partial charge in [0.05, 0.1) is 35.5 Å². The fourth-order valence-electron chi connectivity index (χ4n) is 3.89. The molecule has 1 fully saturated rings. The Morgan fingerprint density at radius 1 is 1.24 bits per heavy atom. The van der Waals surface area contributed by atoms with Gasteiger partial charge < -0.3 is 15.0 Å². The molecular formula is C23H23ClN6O2S. The quantitative estimate of drug-likeness (QED) is 0.352. The van der Waals surface area contributed by atoms with Crippen LogP contribution in [-0.2, 0) is 11.3 Å². The summed E-state index contributed by atoms with van der Waals surface area (Å²) in [5.41, 5.74) is 4.57. The van der Waals surface area contributed by atoms with E-state index in [1.807, 2.05) is 18.4 Å². The van der Waals surface area contributed by atoms with Gasteiger partial charge in [-0.1, -0.05) is 17.7 Å². The Labute approximate surface area is 200 Å². The Balaban J connectivity index is 1.38. The minimum absolute atomic E-state index is 0.256. The highest BCUT2D eigenvalue weighted by molar-refractivity contribution is 7.98. The number of amides is 1. The van der Waals surface area contributed by atoms with Crippen molar-refractivity contribution < 1.29 is 9.53 Å². The summed E-state index contributed by atoms with van der Waals surface area (Å²) < 4.78 is 5.43. The van der Waals surface area contributed by atoms with E-state index in [2.05, 4.69) is 37.5 Å². The van der Waals surface area contributed by atoms with E-state index < -0.39 is 0 Å². The Morgan fingerprint density at radius 3 is 2.91 bits per heavy atom. The van der Waals surface area contributed by atoms with Gasteiger partial charge in [-0.25, -0.2) is 4.98 Å². The van der Waals surface area contributed by atoms with Crippen LogP contribution < -0.4 is 5.32 Å². The minimum Gasteiger partial charge on any atom is -0.379 e. The van der Waals surface area contributed by atoms with E-state index in [9.17, 15) is 4.79 Å². The summed E-state index contributed by atoms with van der Waals surface area (Å²) in [6.07, 6.45) is 3.57. The number of nitrogens with zero attached hydrogens (tertiary/aromatic N) is 3. The highest BCUT2D eigenvalue weighted by Crippen LogP contribution is 2.29. The molecule has 0 bridgehead atoms. The molecule has 1 aliphatic rings. The molecule has 5 rings (SSSR count). The number of fused-ring (bicyclic) bond motifs is 1. The lowest BCUT2D eigenvalue weighted by molar-refractivity contribution is 0.0342. The highest BCUT2D eigenvalue weighted by atomic mass is 35.5. The number of halogens is 1. The smallest absolute Gasteiger partial charge is 0.256 e. The SMILES string of the molecule is CSc1ccc(Cl)cc1C(=O)Nc1c[nH]nc1-c1nc2cc(CN3CCOCC3)ccc2[nH]1. The maximum atomic E-state index is 13.0. The van der Waals surface area contributed by atoms with Gasteiger partial charge in [-0.2, -0.15) is 5.10 Å². The molecule has 2 aromatic carbocycles. The van der Waals surface area contributed by atoms with E-state index in [4.69, 9.17) is 21.3 Å². The largest absolute Gasteiger partial charge is 0.379 e. The van der Waals surface area contributed by atoms with Gasteiger partial charge in [0.2, 0.25) is 0 Å². The van der Waals surface area contributed by atoms with Crippen LogP contribution in [0.1, 0.15) is 15.9 Å². The summed E-state index contributed by atoms with van der Waals surface area (Å²) in [5, 5.41) is 10.6. The van der Waals surface area contributed by atoms with Crippen molar-refractivity contribution in [1.82, 2.24) is 25.1 Å². The number of aromatic amines is 2. The predicted molar refractivity (Wildman–Crippen MR) is 131 cm³/mol. The minimum atomic E-state index is -0.256. The van der Waals surface area contributed by atoms with Crippen molar-refractivity contribution >= 4 is 46.0 Å². The number of imidazole rings is 1. The third-order valence-corrected chi connectivity index (χ3v) is 6.61. The summed E-state index contributed by atoms with van der Waals surface area (Å²) in [7, 11) is 0. The molecule has 8 nitrogen and oxygen atoms in total. The normalized spacial score (nSPS) is 14.6. The van der Waals surface area contributed by atoms with Gasteiger partial charge in [-0.3, -0.25) is 14.8 Å². The zero-order valence-electron chi connectivity index (χ0n) is 18.0. The molecule has 1 saturated heterocycles. The average Bonchev–Trinajstić information content (AvgIpc) is 3.46. The number of aromatic nitrogens is 4. The van der Waals surface area contributed by atoms with Gasteiger partial charge in [-0.15, -0.1) is 11.8 Å². The molecule has 3 N–H and O–H groups in total. The molecule has 0 unspecified atom stereocenters. The zero-order chi connectivity index (χ0) is 22.8. The van der Waals surface area contributed by atoms with Crippen molar-refractivity contribution in [3.63, 3.8) is 0 Å². The molecule has 3 heterocycles. The summed E-state index contributed by atoms with van der Waals surface area (Å²) in [4.78, 5) is 24.2. The van der Waals surface area contributed by atoms with E-state index in [1.54, 1.807) is 18.3 Å². The number of morpholine rings is 1. The van der Waals surface area contributed by atoms with Gasteiger partial charge >= 0.3 is 0 Å². The number of carbonyl (C=O) groups is 1. The molecule has 33 heavy (non-hydrogen) atoms. The Hall–Kier alpha value is -2.85. The van der Waals surface area contributed by atoms with Crippen LogP contribution >= 0.6 is 23.4 Å². The number of H-pyrrole nitrogens is 2. The van der Waals surface area contributed by atoms with Gasteiger partial charge in [0, 0.05) is 35.7 Å². The first-order chi connectivity index (χ1) is 16.1. The number of hydrogen-bond donors (Lipinski definition) is 3. The second kappa shape index (κ2) is 9.56. The molecule has 10 heteroatoms. The lowest BCUT2D eigenvalue weighted by Gasteiger charge is -2.26. The van der Waals surface area contributed by atoms with E-state index >= 15 is 0 Å². The number of anilines is 1. The molecule has 0 spiro atoms. The molecule has 1 aliphatic heterocycles. The number of ether oxygens (including phenoxy) is 1. The van der Waals surface area contributed by atoms with Gasteiger partial charge in [0.15, 0.2) is 11.5 Å². The fraction of sp³-hybridized carbons (Fsp3) is 0.261. The third kappa shape index (κ3) is 4.77. The second-order valence-corrected chi connectivity index (χ2v) is 9.06. The average molecular weight is 483 g/mol. The Bertz CT molecular complexity index is 1300. The van der Waals surface area contributed by atoms with E-state index in [0.717, 1.165) is 48.8 Å². The van der Waals surface area contributed by atoms with Crippen LogP contribution in [0.2, 0.25) is 5.02 Å². The van der Waals surface area contributed by atoms with Crippen LogP contribution in [0.3, 0.4) is 0 Å². The van der Waals surface area contributed by atoms with E-state index in [0.29, 0.717) is 27.8 Å². The molecule has 0 saturated carbocycles. The van der Waals surface area contributed by atoms with Gasteiger partial charge in [0.1, 0.15) is 0 Å². The molecule has 170 valence electrons. The van der Waals surface area contributed by atoms with Gasteiger partial charge in [0.25, 0.3) is 5.91 Å². The summed E-state index contributed by atoms with van der Waals surface area (Å²) in [6, 6.07) is 11.5. The summed E-state index contributed by atoms with van der Waals surface area (Å²) in [5.74, 6) is 0.328. The molecule has 0 atom stereocenters. The molecule has 1 amide bonds. The predicted octanol–water partition coefficient (Wildman–Crippen LogP) is 4.41. The van der Waals surface area contributed by atoms with Crippen LogP contribution in [0, 0.1) is 0 Å². The molecule has 4 aromatic rings. The molecule has 0 radical (unpaired) electrons. The maximum absolute atomic E-state index is 13.0. The summed E-state index contributed by atoms with van der Waals surface area (Å²) in [6.45, 7) is 4.28. The lowest BCUT2D eigenvalue weighted by Crippen LogP contribution is -2.35. The zero-order valence-corrected chi connectivity index (χ0v) is 19.6. The van der Waals surface area contributed by atoms with Crippen molar-refractivity contribution in [1.29, 1.82) is 0 Å². The molecule has 0 aliphatic carbocycles. The van der Waals surface area contributed by atoms with Crippen molar-refractivity contribution in [3.05, 3.63) is 58.7 Å². The van der Waals surface area contributed by atoms with Crippen molar-refractivity contribution in [3.8, 4) is 11.5 Å². The van der Waals surface area contributed by atoms with Crippen molar-refractivity contribution in [2.24, 2.45) is 0 Å². The standard InChI is InChI=1S/C23H23ClN6O2S/c1-33-20-5-3-15(24)11-16(20)23(31)28-19-12-25-29-21(19)22-26-17-4-2-14(10-18(17)27-22)13-30-6-8-32-9-7-30/h2-5,10-12H,6-9,13H2,1H3,(H,25,29)(H,26,27)(H,28,31). The monoisotopic (exact) mass is 482 g/mol. The third-order valence-electron chi connectivity index (χ3n) is 5.58. The number of benzene rings is 2. The molecular weight excluding hydrogens is 460 g/mol. The fourth-order valence-corrected chi connectivity index (χ4v) is 4.64. The van der Waals surface area contributed by atoms with Crippen LogP contribution in [0.15, 0.2) is 47.5 Å². The Kier molecular flexibility index (Phi) is 6.37. The molecule has 2 aromatic heterocycles. The maximum Gasteiger partial charge on any atom is 0.256 e. The van der Waals surface area contributed by atoms with E-state index in [-0.39, 0.29) is 5.91 Å². The van der Waals surface area contributed by atoms with Crippen LogP contribution in [0.25, 0.3) is 22.6 Å². The van der Waals surface area contributed by atoms with Crippen LogP contribution in [0.4, 0.5) is 5.69 Å². The number of rotatable bonds is 6. The number of thioether (sulfide) groups is 1. The highest BCUT2D eigenvalue weighted by Gasteiger charge is 2.18. The first-order valence-electron chi connectivity index (χ1n) is 10.6. The Morgan fingerprint density at radius 2 is 2.09 bits per heavy atom.